The predicted molar refractivity (Wildman–Crippen MR) is 77.9 cm³/mol. The fraction of sp³-hybridized carbons (Fsp3) is 0.571. The third-order valence-corrected chi connectivity index (χ3v) is 3.93. The number of sulfonamides is 1. The lowest BCUT2D eigenvalue weighted by molar-refractivity contribution is 0.305. The molecule has 0 fully saturated rings. The maximum absolute atomic E-state index is 10.7. The molecule has 0 saturated heterocycles. The molecule has 2 N–H and O–H groups in total. The van der Waals surface area contributed by atoms with Gasteiger partial charge >= 0.3 is 0 Å². The van der Waals surface area contributed by atoms with Crippen LogP contribution in [-0.4, -0.2) is 20.8 Å². The summed E-state index contributed by atoms with van der Waals surface area (Å²) >= 11 is 0. The van der Waals surface area contributed by atoms with E-state index >= 15 is 0 Å². The van der Waals surface area contributed by atoms with Crippen LogP contribution < -0.4 is 9.88 Å². The second kappa shape index (κ2) is 7.50. The fourth-order valence-electron chi connectivity index (χ4n) is 1.75. The molecule has 0 saturated carbocycles. The monoisotopic (exact) mass is 285 g/mol. The summed E-state index contributed by atoms with van der Waals surface area (Å²) in [5.41, 5.74) is 2.49. The van der Waals surface area contributed by atoms with Crippen LogP contribution in [0.3, 0.4) is 0 Å². The van der Waals surface area contributed by atoms with Gasteiger partial charge in [0.15, 0.2) is 0 Å². The molecule has 0 radical (unpaired) electrons. The fourth-order valence-corrected chi connectivity index (χ4v) is 2.36. The summed E-state index contributed by atoms with van der Waals surface area (Å²) in [6.45, 7) is 4.80. The molecule has 0 atom stereocenters. The van der Waals surface area contributed by atoms with Crippen molar-refractivity contribution in [1.29, 1.82) is 0 Å². The Morgan fingerprint density at radius 3 is 2.37 bits per heavy atom. The molecule has 0 aliphatic rings. The number of unbranched alkanes of at least 4 members (excludes halogenated alkanes) is 3. The third kappa shape index (κ3) is 7.18. The van der Waals surface area contributed by atoms with Crippen LogP contribution in [0.25, 0.3) is 0 Å². The van der Waals surface area contributed by atoms with Crippen LogP contribution in [0.2, 0.25) is 0 Å². The van der Waals surface area contributed by atoms with Gasteiger partial charge in [-0.25, -0.2) is 13.6 Å². The van der Waals surface area contributed by atoms with Gasteiger partial charge in [0.25, 0.3) is 0 Å². The molecule has 0 amide bonds. The normalized spacial score (nSPS) is 11.5. The van der Waals surface area contributed by atoms with Gasteiger partial charge in [-0.15, -0.1) is 0 Å². The SMILES string of the molecule is Cc1ccc(OCCCCCCS(N)(=O)=O)cc1C. The number of hydrogen-bond acceptors (Lipinski definition) is 3. The number of ether oxygens (including phenoxy) is 1. The summed E-state index contributed by atoms with van der Waals surface area (Å²) in [6, 6.07) is 6.07. The number of nitrogens with two attached hydrogens (primary N) is 1. The van der Waals surface area contributed by atoms with Gasteiger partial charge in [0.2, 0.25) is 10.0 Å². The van der Waals surface area contributed by atoms with Gasteiger partial charge in [-0.3, -0.25) is 0 Å². The Labute approximate surface area is 116 Å². The van der Waals surface area contributed by atoms with Crippen molar-refractivity contribution in [3.05, 3.63) is 29.3 Å². The molecular weight excluding hydrogens is 262 g/mol. The van der Waals surface area contributed by atoms with Crippen molar-refractivity contribution in [3.8, 4) is 5.75 Å². The van der Waals surface area contributed by atoms with Gasteiger partial charge in [0.1, 0.15) is 5.75 Å². The van der Waals surface area contributed by atoms with E-state index in [0.717, 1.165) is 25.0 Å². The molecule has 5 heteroatoms. The first-order valence-corrected chi connectivity index (χ1v) is 8.30. The van der Waals surface area contributed by atoms with Crippen molar-refractivity contribution in [2.24, 2.45) is 5.14 Å². The number of aryl methyl sites for hydroxylation is 2. The Kier molecular flexibility index (Phi) is 6.31. The van der Waals surface area contributed by atoms with Crippen molar-refractivity contribution in [1.82, 2.24) is 0 Å². The highest BCUT2D eigenvalue weighted by Gasteiger charge is 2.01. The number of rotatable bonds is 8. The van der Waals surface area contributed by atoms with Gasteiger partial charge < -0.3 is 4.74 Å². The minimum atomic E-state index is -3.30. The van der Waals surface area contributed by atoms with Crippen molar-refractivity contribution < 1.29 is 13.2 Å². The van der Waals surface area contributed by atoms with E-state index in [2.05, 4.69) is 19.9 Å². The Bertz CT molecular complexity index is 497. The molecule has 1 rings (SSSR count). The van der Waals surface area contributed by atoms with Crippen LogP contribution in [0.1, 0.15) is 36.8 Å². The van der Waals surface area contributed by atoms with Gasteiger partial charge in [-0.1, -0.05) is 18.9 Å². The number of hydrogen-bond donors (Lipinski definition) is 1. The lowest BCUT2D eigenvalue weighted by atomic mass is 10.1. The molecule has 0 aromatic heterocycles. The van der Waals surface area contributed by atoms with Crippen LogP contribution in [-0.2, 0) is 10.0 Å². The summed E-state index contributed by atoms with van der Waals surface area (Å²) in [4.78, 5) is 0. The second-order valence-electron chi connectivity index (χ2n) is 4.88. The van der Waals surface area contributed by atoms with Gasteiger partial charge in [-0.2, -0.15) is 0 Å². The molecule has 0 spiro atoms. The van der Waals surface area contributed by atoms with Crippen LogP contribution in [0.15, 0.2) is 18.2 Å². The molecule has 0 aliphatic heterocycles. The van der Waals surface area contributed by atoms with Crippen molar-refractivity contribution in [2.45, 2.75) is 39.5 Å². The molecule has 0 unspecified atom stereocenters. The highest BCUT2D eigenvalue weighted by molar-refractivity contribution is 7.89. The smallest absolute Gasteiger partial charge is 0.209 e. The summed E-state index contributed by atoms with van der Waals surface area (Å²) in [6.07, 6.45) is 3.38. The van der Waals surface area contributed by atoms with E-state index in [1.807, 2.05) is 12.1 Å². The van der Waals surface area contributed by atoms with E-state index in [0.29, 0.717) is 13.0 Å². The van der Waals surface area contributed by atoms with Gasteiger partial charge in [0.05, 0.1) is 12.4 Å². The molecule has 0 bridgehead atoms. The molecule has 0 aliphatic carbocycles. The van der Waals surface area contributed by atoms with Crippen molar-refractivity contribution in [3.63, 3.8) is 0 Å². The average Bonchev–Trinajstić information content (AvgIpc) is 2.31. The lowest BCUT2D eigenvalue weighted by Gasteiger charge is -2.08. The summed E-state index contributed by atoms with van der Waals surface area (Å²) in [5.74, 6) is 0.970. The quantitative estimate of drug-likeness (QED) is 0.746. The van der Waals surface area contributed by atoms with E-state index in [-0.39, 0.29) is 5.75 Å². The minimum Gasteiger partial charge on any atom is -0.494 e. The second-order valence-corrected chi connectivity index (χ2v) is 6.61. The first-order valence-electron chi connectivity index (χ1n) is 6.59. The zero-order chi connectivity index (χ0) is 14.3. The molecule has 0 heterocycles. The van der Waals surface area contributed by atoms with Crippen LogP contribution in [0, 0.1) is 13.8 Å². The average molecular weight is 285 g/mol. The van der Waals surface area contributed by atoms with Gasteiger partial charge in [0, 0.05) is 0 Å². The Morgan fingerprint density at radius 2 is 1.74 bits per heavy atom. The van der Waals surface area contributed by atoms with E-state index < -0.39 is 10.0 Å². The summed E-state index contributed by atoms with van der Waals surface area (Å²) < 4.78 is 27.1. The third-order valence-electron chi connectivity index (χ3n) is 3.07. The van der Waals surface area contributed by atoms with Crippen LogP contribution >= 0.6 is 0 Å². The van der Waals surface area contributed by atoms with Crippen molar-refractivity contribution in [2.75, 3.05) is 12.4 Å². The first kappa shape index (κ1) is 16.0. The largest absolute Gasteiger partial charge is 0.494 e. The molecule has 108 valence electrons. The maximum Gasteiger partial charge on any atom is 0.209 e. The molecule has 1 aromatic rings. The highest BCUT2D eigenvalue weighted by atomic mass is 32.2. The zero-order valence-corrected chi connectivity index (χ0v) is 12.5. The molecular formula is C14H23NO3S. The number of benzene rings is 1. The first-order chi connectivity index (χ1) is 8.88. The highest BCUT2D eigenvalue weighted by Crippen LogP contribution is 2.16. The topological polar surface area (TPSA) is 69.4 Å². The van der Waals surface area contributed by atoms with Crippen LogP contribution in [0.4, 0.5) is 0 Å². The predicted octanol–water partition coefficient (Wildman–Crippen LogP) is 2.53. The Balaban J connectivity index is 2.12. The van der Waals surface area contributed by atoms with E-state index in [4.69, 9.17) is 9.88 Å². The standard InChI is InChI=1S/C14H23NO3S/c1-12-7-8-14(11-13(12)2)18-9-5-3-4-6-10-19(15,16)17/h7-8,11H,3-6,9-10H2,1-2H3,(H2,15,16,17). The number of primary sulfonamides is 1. The summed E-state index contributed by atoms with van der Waals surface area (Å²) in [5, 5.41) is 4.93. The molecule has 4 nitrogen and oxygen atoms in total. The maximum atomic E-state index is 10.7. The molecule has 19 heavy (non-hydrogen) atoms. The van der Waals surface area contributed by atoms with E-state index in [1.54, 1.807) is 0 Å². The Morgan fingerprint density at radius 1 is 1.05 bits per heavy atom. The van der Waals surface area contributed by atoms with E-state index in [1.165, 1.54) is 11.1 Å². The minimum absolute atomic E-state index is 0.0744. The Hall–Kier alpha value is -1.07. The summed E-state index contributed by atoms with van der Waals surface area (Å²) in [7, 11) is -3.30. The van der Waals surface area contributed by atoms with Crippen LogP contribution in [0.5, 0.6) is 5.75 Å². The van der Waals surface area contributed by atoms with Crippen molar-refractivity contribution >= 4 is 10.0 Å². The lowest BCUT2D eigenvalue weighted by Crippen LogP contribution is -2.16. The zero-order valence-electron chi connectivity index (χ0n) is 11.7. The van der Waals surface area contributed by atoms with Gasteiger partial charge in [-0.05, 0) is 49.9 Å². The van der Waals surface area contributed by atoms with E-state index in [9.17, 15) is 8.42 Å². The molecule has 1 aromatic carbocycles.